The number of rotatable bonds is 7. The van der Waals surface area contributed by atoms with Crippen molar-refractivity contribution >= 4 is 45.1 Å². The second kappa shape index (κ2) is 10.3. The van der Waals surface area contributed by atoms with Gasteiger partial charge in [-0.15, -0.1) is 11.3 Å². The SMILES string of the molecule is CCC(CC)N1CCC(c2csc3ccc(NC(=O)Nc4ccccc4C=O)cc23)CC1. The van der Waals surface area contributed by atoms with Crippen molar-refractivity contribution in [1.29, 1.82) is 0 Å². The molecule has 0 saturated carbocycles. The van der Waals surface area contributed by atoms with Gasteiger partial charge in [0.25, 0.3) is 0 Å². The Morgan fingerprint density at radius 1 is 1.12 bits per heavy atom. The van der Waals surface area contributed by atoms with E-state index in [9.17, 15) is 9.59 Å². The van der Waals surface area contributed by atoms with Crippen LogP contribution in [0.25, 0.3) is 10.1 Å². The van der Waals surface area contributed by atoms with Crippen LogP contribution >= 0.6 is 11.3 Å². The Morgan fingerprint density at radius 2 is 1.88 bits per heavy atom. The Balaban J connectivity index is 1.46. The van der Waals surface area contributed by atoms with Gasteiger partial charge in [0, 0.05) is 22.0 Å². The molecule has 0 bridgehead atoms. The van der Waals surface area contributed by atoms with Crippen molar-refractivity contribution in [3.05, 3.63) is 59.0 Å². The molecule has 1 fully saturated rings. The largest absolute Gasteiger partial charge is 0.323 e. The number of para-hydroxylation sites is 1. The highest BCUT2D eigenvalue weighted by atomic mass is 32.1. The van der Waals surface area contributed by atoms with Crippen LogP contribution in [-0.2, 0) is 0 Å². The lowest BCUT2D eigenvalue weighted by atomic mass is 9.88. The third-order valence-corrected chi connectivity index (χ3v) is 7.61. The first kappa shape index (κ1) is 22.5. The summed E-state index contributed by atoms with van der Waals surface area (Å²) in [5.74, 6) is 0.568. The monoisotopic (exact) mass is 449 g/mol. The number of likely N-dealkylation sites (tertiary alicyclic amines) is 1. The number of benzene rings is 2. The van der Waals surface area contributed by atoms with Crippen LogP contribution in [0.2, 0.25) is 0 Å². The molecule has 2 amide bonds. The number of carbonyl (C=O) groups is 2. The summed E-state index contributed by atoms with van der Waals surface area (Å²) in [6, 6.07) is 13.4. The first-order chi connectivity index (χ1) is 15.6. The maximum absolute atomic E-state index is 12.5. The zero-order chi connectivity index (χ0) is 22.5. The number of nitrogens with zero attached hydrogens (tertiary/aromatic N) is 1. The Hall–Kier alpha value is -2.70. The number of urea groups is 1. The minimum Gasteiger partial charge on any atom is -0.308 e. The molecular formula is C26H31N3O2S. The number of carbonyl (C=O) groups excluding carboxylic acids is 2. The second-order valence-corrected chi connectivity index (χ2v) is 9.38. The summed E-state index contributed by atoms with van der Waals surface area (Å²) in [5.41, 5.74) is 3.12. The summed E-state index contributed by atoms with van der Waals surface area (Å²) >= 11 is 1.78. The lowest BCUT2D eigenvalue weighted by Crippen LogP contribution is -2.40. The van der Waals surface area contributed by atoms with Gasteiger partial charge in [-0.1, -0.05) is 26.0 Å². The quantitative estimate of drug-likeness (QED) is 0.393. The van der Waals surface area contributed by atoms with E-state index in [1.165, 1.54) is 41.3 Å². The number of anilines is 2. The van der Waals surface area contributed by atoms with E-state index in [-0.39, 0.29) is 6.03 Å². The molecule has 0 atom stereocenters. The van der Waals surface area contributed by atoms with Crippen LogP contribution in [0.5, 0.6) is 0 Å². The minimum atomic E-state index is -0.353. The highest BCUT2D eigenvalue weighted by Gasteiger charge is 2.25. The van der Waals surface area contributed by atoms with E-state index in [4.69, 9.17) is 0 Å². The van der Waals surface area contributed by atoms with Crippen molar-refractivity contribution in [3.8, 4) is 0 Å². The molecule has 168 valence electrons. The Kier molecular flexibility index (Phi) is 7.22. The van der Waals surface area contributed by atoms with Crippen molar-refractivity contribution in [2.75, 3.05) is 23.7 Å². The number of thiophene rings is 1. The van der Waals surface area contributed by atoms with Crippen molar-refractivity contribution < 1.29 is 9.59 Å². The molecule has 2 aromatic carbocycles. The average molecular weight is 450 g/mol. The molecule has 1 aromatic heterocycles. The van der Waals surface area contributed by atoms with Gasteiger partial charge in [0.05, 0.1) is 5.69 Å². The maximum Gasteiger partial charge on any atom is 0.323 e. The van der Waals surface area contributed by atoms with Crippen LogP contribution < -0.4 is 10.6 Å². The van der Waals surface area contributed by atoms with Crippen LogP contribution in [0, 0.1) is 0 Å². The minimum absolute atomic E-state index is 0.353. The molecule has 4 rings (SSSR count). The Morgan fingerprint density at radius 3 is 2.59 bits per heavy atom. The fraction of sp³-hybridized carbons (Fsp3) is 0.385. The first-order valence-electron chi connectivity index (χ1n) is 11.5. The van der Waals surface area contributed by atoms with E-state index >= 15 is 0 Å². The highest BCUT2D eigenvalue weighted by molar-refractivity contribution is 7.17. The molecule has 6 heteroatoms. The van der Waals surface area contributed by atoms with E-state index in [0.717, 1.165) is 25.1 Å². The Bertz CT molecular complexity index is 1080. The van der Waals surface area contributed by atoms with Gasteiger partial charge in [-0.25, -0.2) is 4.79 Å². The summed E-state index contributed by atoms with van der Waals surface area (Å²) in [4.78, 5) is 26.4. The number of amides is 2. The van der Waals surface area contributed by atoms with Gasteiger partial charge in [0.15, 0.2) is 6.29 Å². The van der Waals surface area contributed by atoms with Gasteiger partial charge in [-0.3, -0.25) is 4.79 Å². The second-order valence-electron chi connectivity index (χ2n) is 8.47. The number of hydrogen-bond acceptors (Lipinski definition) is 4. The predicted octanol–water partition coefficient (Wildman–Crippen LogP) is 6.73. The molecule has 2 heterocycles. The summed E-state index contributed by atoms with van der Waals surface area (Å²) < 4.78 is 1.25. The molecule has 0 spiro atoms. The molecule has 3 aromatic rings. The summed E-state index contributed by atoms with van der Waals surface area (Å²) in [6.07, 6.45) is 5.55. The Labute approximate surface area is 193 Å². The van der Waals surface area contributed by atoms with E-state index < -0.39 is 0 Å². The molecule has 0 unspecified atom stereocenters. The van der Waals surface area contributed by atoms with Gasteiger partial charge >= 0.3 is 6.03 Å². The van der Waals surface area contributed by atoms with E-state index in [1.54, 1.807) is 35.6 Å². The van der Waals surface area contributed by atoms with Crippen LogP contribution in [0.1, 0.15) is 61.4 Å². The number of aldehydes is 1. The average Bonchev–Trinajstić information content (AvgIpc) is 3.24. The van der Waals surface area contributed by atoms with Crippen molar-refractivity contribution in [1.82, 2.24) is 4.90 Å². The normalized spacial score (nSPS) is 15.2. The third-order valence-electron chi connectivity index (χ3n) is 6.63. The topological polar surface area (TPSA) is 61.4 Å². The molecule has 5 nitrogen and oxygen atoms in total. The van der Waals surface area contributed by atoms with Gasteiger partial charge in [0.2, 0.25) is 0 Å². The van der Waals surface area contributed by atoms with Crippen molar-refractivity contribution in [2.24, 2.45) is 0 Å². The van der Waals surface area contributed by atoms with E-state index in [2.05, 4.69) is 46.9 Å². The molecular weight excluding hydrogens is 418 g/mol. The lowest BCUT2D eigenvalue weighted by molar-refractivity contribution is 0.112. The fourth-order valence-corrected chi connectivity index (χ4v) is 5.85. The molecule has 0 aliphatic carbocycles. The van der Waals surface area contributed by atoms with E-state index in [1.807, 2.05) is 6.07 Å². The molecule has 1 aliphatic heterocycles. The molecule has 2 N–H and O–H groups in total. The lowest BCUT2D eigenvalue weighted by Gasteiger charge is -2.37. The van der Waals surface area contributed by atoms with Crippen LogP contribution in [0.15, 0.2) is 47.8 Å². The zero-order valence-corrected chi connectivity index (χ0v) is 19.6. The zero-order valence-electron chi connectivity index (χ0n) is 18.8. The maximum atomic E-state index is 12.5. The fourth-order valence-electron chi connectivity index (χ4n) is 4.82. The summed E-state index contributed by atoms with van der Waals surface area (Å²) in [7, 11) is 0. The standard InChI is InChI=1S/C26H31N3O2S/c1-3-21(4-2)29-13-11-18(12-14-29)23-17-32-25-10-9-20(15-22(23)25)27-26(31)28-24-8-6-5-7-19(24)16-30/h5-10,15-18,21H,3-4,11-14H2,1-2H3,(H2,27,28,31). The smallest absolute Gasteiger partial charge is 0.308 e. The van der Waals surface area contributed by atoms with Crippen LogP contribution in [0.3, 0.4) is 0 Å². The van der Waals surface area contributed by atoms with E-state index in [0.29, 0.717) is 23.2 Å². The van der Waals surface area contributed by atoms with Crippen LogP contribution in [0.4, 0.5) is 16.2 Å². The van der Waals surface area contributed by atoms with Crippen molar-refractivity contribution in [3.63, 3.8) is 0 Å². The number of piperidine rings is 1. The summed E-state index contributed by atoms with van der Waals surface area (Å²) in [5, 5.41) is 9.23. The molecule has 1 saturated heterocycles. The van der Waals surface area contributed by atoms with Gasteiger partial charge < -0.3 is 15.5 Å². The first-order valence-corrected chi connectivity index (χ1v) is 12.4. The van der Waals surface area contributed by atoms with Crippen LogP contribution in [-0.4, -0.2) is 36.3 Å². The predicted molar refractivity (Wildman–Crippen MR) is 134 cm³/mol. The molecule has 32 heavy (non-hydrogen) atoms. The van der Waals surface area contributed by atoms with Gasteiger partial charge in [-0.2, -0.15) is 0 Å². The number of nitrogens with one attached hydrogen (secondary N) is 2. The number of hydrogen-bond donors (Lipinski definition) is 2. The third kappa shape index (κ3) is 4.87. The molecule has 1 aliphatic rings. The highest BCUT2D eigenvalue weighted by Crippen LogP contribution is 2.38. The van der Waals surface area contributed by atoms with Crippen molar-refractivity contribution in [2.45, 2.75) is 51.5 Å². The number of fused-ring (bicyclic) bond motifs is 1. The van der Waals surface area contributed by atoms with Gasteiger partial charge in [-0.05, 0) is 91.4 Å². The van der Waals surface area contributed by atoms with Gasteiger partial charge in [0.1, 0.15) is 0 Å². The summed E-state index contributed by atoms with van der Waals surface area (Å²) in [6.45, 7) is 6.89. The molecule has 0 radical (unpaired) electrons.